The number of hydrogen-bond acceptors (Lipinski definition) is 4. The van der Waals surface area contributed by atoms with Crippen molar-refractivity contribution in [1.82, 2.24) is 10.2 Å². The monoisotopic (exact) mass is 431 g/mol. The van der Waals surface area contributed by atoms with Crippen molar-refractivity contribution in [1.29, 1.82) is 0 Å². The van der Waals surface area contributed by atoms with E-state index >= 15 is 0 Å². The summed E-state index contributed by atoms with van der Waals surface area (Å²) in [6.07, 6.45) is 4.40. The van der Waals surface area contributed by atoms with Crippen LogP contribution in [0.1, 0.15) is 42.5 Å². The summed E-state index contributed by atoms with van der Waals surface area (Å²) in [7, 11) is 0. The lowest BCUT2D eigenvalue weighted by atomic mass is 9.95. The number of alkyl halides is 2. The van der Waals surface area contributed by atoms with Crippen molar-refractivity contribution in [2.24, 2.45) is 17.6 Å². The van der Waals surface area contributed by atoms with Gasteiger partial charge in [0.05, 0.1) is 11.5 Å². The normalized spacial score (nSPS) is 24.1. The van der Waals surface area contributed by atoms with Crippen molar-refractivity contribution in [2.45, 2.75) is 44.8 Å². The van der Waals surface area contributed by atoms with Gasteiger partial charge in [-0.15, -0.1) is 12.4 Å². The zero-order chi connectivity index (χ0) is 20.1. The van der Waals surface area contributed by atoms with Gasteiger partial charge in [-0.1, -0.05) is 18.6 Å². The van der Waals surface area contributed by atoms with Crippen LogP contribution in [-0.2, 0) is 4.79 Å². The van der Waals surface area contributed by atoms with E-state index < -0.39 is 12.5 Å². The van der Waals surface area contributed by atoms with Crippen LogP contribution in [0.15, 0.2) is 24.3 Å². The zero-order valence-corrected chi connectivity index (χ0v) is 17.0. The Morgan fingerprint density at radius 2 is 1.97 bits per heavy atom. The number of para-hydroxylation sites is 1. The second-order valence-electron chi connectivity index (χ2n) is 7.51. The van der Waals surface area contributed by atoms with Gasteiger partial charge in [0.2, 0.25) is 5.91 Å². The smallest absolute Gasteiger partial charge is 0.387 e. The first-order valence-electron chi connectivity index (χ1n) is 9.83. The first kappa shape index (κ1) is 23.3. The van der Waals surface area contributed by atoms with Gasteiger partial charge in [-0.05, 0) is 50.3 Å². The predicted octanol–water partition coefficient (Wildman–Crippen LogP) is 2.81. The number of ether oxygens (including phenoxy) is 1. The summed E-state index contributed by atoms with van der Waals surface area (Å²) >= 11 is 0. The minimum absolute atomic E-state index is 0. The SMILES string of the molecule is Cl.NCC1CCCC1NC(=O)C1CCCN(C(=O)c2ccccc2OC(F)F)C1. The molecule has 162 valence electrons. The molecule has 29 heavy (non-hydrogen) atoms. The van der Waals surface area contributed by atoms with E-state index in [1.54, 1.807) is 11.0 Å². The van der Waals surface area contributed by atoms with E-state index in [9.17, 15) is 18.4 Å². The molecule has 0 aromatic heterocycles. The average Bonchev–Trinajstić information content (AvgIpc) is 3.14. The molecule has 1 saturated heterocycles. The van der Waals surface area contributed by atoms with Gasteiger partial charge in [0, 0.05) is 19.1 Å². The van der Waals surface area contributed by atoms with E-state index in [0.717, 1.165) is 19.3 Å². The maximum atomic E-state index is 12.9. The number of piperidine rings is 1. The highest BCUT2D eigenvalue weighted by atomic mass is 35.5. The summed E-state index contributed by atoms with van der Waals surface area (Å²) in [6.45, 7) is -1.69. The average molecular weight is 432 g/mol. The van der Waals surface area contributed by atoms with Crippen LogP contribution in [0.5, 0.6) is 5.75 Å². The molecule has 3 rings (SSSR count). The van der Waals surface area contributed by atoms with Gasteiger partial charge < -0.3 is 20.7 Å². The molecule has 1 heterocycles. The highest BCUT2D eigenvalue weighted by Gasteiger charge is 2.33. The van der Waals surface area contributed by atoms with Crippen LogP contribution >= 0.6 is 12.4 Å². The molecular weight excluding hydrogens is 404 g/mol. The third kappa shape index (κ3) is 5.79. The molecule has 0 bridgehead atoms. The number of rotatable bonds is 6. The van der Waals surface area contributed by atoms with Crippen LogP contribution in [0.3, 0.4) is 0 Å². The number of likely N-dealkylation sites (tertiary alicyclic amines) is 1. The fraction of sp³-hybridized carbons (Fsp3) is 0.600. The standard InChI is InChI=1S/C20H27F2N3O3.ClH/c21-20(22)28-17-9-2-1-7-15(17)19(27)25-10-4-6-14(12-25)18(26)24-16-8-3-5-13(16)11-23;/h1-2,7,9,13-14,16,20H,3-6,8,10-12,23H2,(H,24,26);1H. The zero-order valence-electron chi connectivity index (χ0n) is 16.2. The summed E-state index contributed by atoms with van der Waals surface area (Å²) in [5.74, 6) is -0.594. The Morgan fingerprint density at radius 1 is 1.21 bits per heavy atom. The lowest BCUT2D eigenvalue weighted by Gasteiger charge is -2.33. The molecule has 2 amide bonds. The number of carbonyl (C=O) groups is 2. The molecule has 0 radical (unpaired) electrons. The van der Waals surface area contributed by atoms with Gasteiger partial charge in [0.25, 0.3) is 5.91 Å². The van der Waals surface area contributed by atoms with E-state index in [1.165, 1.54) is 18.2 Å². The van der Waals surface area contributed by atoms with Gasteiger partial charge in [-0.3, -0.25) is 9.59 Å². The van der Waals surface area contributed by atoms with Gasteiger partial charge in [-0.25, -0.2) is 0 Å². The molecule has 3 unspecified atom stereocenters. The van der Waals surface area contributed by atoms with E-state index in [2.05, 4.69) is 10.1 Å². The van der Waals surface area contributed by atoms with Gasteiger partial charge >= 0.3 is 6.61 Å². The van der Waals surface area contributed by atoms with E-state index in [1.807, 2.05) is 0 Å². The molecule has 1 aromatic rings. The van der Waals surface area contributed by atoms with Crippen LogP contribution in [-0.4, -0.2) is 49.0 Å². The fourth-order valence-electron chi connectivity index (χ4n) is 4.20. The molecule has 3 atom stereocenters. The van der Waals surface area contributed by atoms with E-state index in [0.29, 0.717) is 31.8 Å². The molecule has 0 spiro atoms. The van der Waals surface area contributed by atoms with Crippen molar-refractivity contribution in [3.05, 3.63) is 29.8 Å². The van der Waals surface area contributed by atoms with Crippen molar-refractivity contribution >= 4 is 24.2 Å². The quantitative estimate of drug-likeness (QED) is 0.725. The lowest BCUT2D eigenvalue weighted by Crippen LogP contribution is -2.49. The Bertz CT molecular complexity index is 707. The summed E-state index contributed by atoms with van der Waals surface area (Å²) in [6, 6.07) is 6.06. The Hall–Kier alpha value is -1.93. The summed E-state index contributed by atoms with van der Waals surface area (Å²) in [4.78, 5) is 27.1. The van der Waals surface area contributed by atoms with E-state index in [4.69, 9.17) is 5.73 Å². The first-order valence-corrected chi connectivity index (χ1v) is 9.83. The topological polar surface area (TPSA) is 84.7 Å². The molecule has 1 aliphatic heterocycles. The molecule has 1 aromatic carbocycles. The minimum atomic E-state index is -3.00. The van der Waals surface area contributed by atoms with E-state index in [-0.39, 0.29) is 48.1 Å². The molecule has 1 saturated carbocycles. The Morgan fingerprint density at radius 3 is 2.69 bits per heavy atom. The molecule has 9 heteroatoms. The third-order valence-corrected chi connectivity index (χ3v) is 5.70. The maximum absolute atomic E-state index is 12.9. The summed E-state index contributed by atoms with van der Waals surface area (Å²) in [5.41, 5.74) is 5.87. The first-order chi connectivity index (χ1) is 13.5. The molecule has 3 N–H and O–H groups in total. The van der Waals surface area contributed by atoms with Crippen molar-refractivity contribution < 1.29 is 23.1 Å². The fourth-order valence-corrected chi connectivity index (χ4v) is 4.20. The van der Waals surface area contributed by atoms with Crippen molar-refractivity contribution in [3.63, 3.8) is 0 Å². The number of nitrogens with zero attached hydrogens (tertiary/aromatic N) is 1. The van der Waals surface area contributed by atoms with Crippen LogP contribution in [0.4, 0.5) is 8.78 Å². The lowest BCUT2D eigenvalue weighted by molar-refractivity contribution is -0.127. The van der Waals surface area contributed by atoms with Crippen LogP contribution in [0.25, 0.3) is 0 Å². The highest BCUT2D eigenvalue weighted by molar-refractivity contribution is 5.97. The summed E-state index contributed by atoms with van der Waals surface area (Å²) < 4.78 is 29.7. The largest absolute Gasteiger partial charge is 0.434 e. The van der Waals surface area contributed by atoms with Gasteiger partial charge in [-0.2, -0.15) is 8.78 Å². The highest BCUT2D eigenvalue weighted by Crippen LogP contribution is 2.27. The third-order valence-electron chi connectivity index (χ3n) is 5.70. The van der Waals surface area contributed by atoms with Crippen LogP contribution < -0.4 is 15.8 Å². The maximum Gasteiger partial charge on any atom is 0.387 e. The minimum Gasteiger partial charge on any atom is -0.434 e. The van der Waals surface area contributed by atoms with Crippen LogP contribution in [0, 0.1) is 11.8 Å². The number of benzene rings is 1. The Balaban J connectivity index is 0.00000300. The number of nitrogens with one attached hydrogen (secondary N) is 1. The number of halogens is 3. The van der Waals surface area contributed by atoms with Gasteiger partial charge in [0.1, 0.15) is 5.75 Å². The summed E-state index contributed by atoms with van der Waals surface area (Å²) in [5, 5.41) is 3.11. The number of nitrogens with two attached hydrogens (primary N) is 1. The molecule has 6 nitrogen and oxygen atoms in total. The molecular formula is C20H28ClF2N3O3. The molecule has 1 aliphatic carbocycles. The van der Waals surface area contributed by atoms with Crippen molar-refractivity contribution in [3.8, 4) is 5.75 Å². The molecule has 2 fully saturated rings. The molecule has 2 aliphatic rings. The second kappa shape index (κ2) is 10.7. The predicted molar refractivity (Wildman–Crippen MR) is 107 cm³/mol. The second-order valence-corrected chi connectivity index (χ2v) is 7.51. The Kier molecular flexibility index (Phi) is 8.64. The number of carbonyl (C=O) groups excluding carboxylic acids is 2. The van der Waals surface area contributed by atoms with Crippen LogP contribution in [0.2, 0.25) is 0 Å². The van der Waals surface area contributed by atoms with Crippen molar-refractivity contribution in [2.75, 3.05) is 19.6 Å². The van der Waals surface area contributed by atoms with Gasteiger partial charge in [0.15, 0.2) is 0 Å². The number of amides is 2. The number of hydrogen-bond donors (Lipinski definition) is 2. The Labute approximate surface area is 175 Å².